The summed E-state index contributed by atoms with van der Waals surface area (Å²) in [6.07, 6.45) is 11.8. The van der Waals surface area contributed by atoms with E-state index in [1.54, 1.807) is 6.92 Å². The van der Waals surface area contributed by atoms with Crippen molar-refractivity contribution >= 4 is 5.97 Å². The van der Waals surface area contributed by atoms with Gasteiger partial charge in [-0.1, -0.05) is 55.4 Å². The molecule has 5 aliphatic carbocycles. The van der Waals surface area contributed by atoms with Crippen LogP contribution >= 0.6 is 0 Å². The first-order valence-corrected chi connectivity index (χ1v) is 15.0. The zero-order valence-electron chi connectivity index (χ0n) is 24.3. The van der Waals surface area contributed by atoms with Crippen molar-refractivity contribution in [3.05, 3.63) is 0 Å². The van der Waals surface area contributed by atoms with Crippen molar-refractivity contribution in [2.24, 2.45) is 56.7 Å². The van der Waals surface area contributed by atoms with Crippen molar-refractivity contribution in [1.29, 1.82) is 0 Å². The van der Waals surface area contributed by atoms with Crippen molar-refractivity contribution in [3.8, 4) is 0 Å². The standard InChI is InChI=1S/C32H54O3/c1-20(2)22-12-17-32(34)25-11-10-24-28(6)15-14-26(35-21(3)33)27(4,5)23(28)13-16-30(24,8)31(25,9)19-18-29(22,32)7/h20,22-26,34H,10-19H2,1-9H3/t22-,23+,24-,25+,26-,28+,29-,30-,31-,32+/m0/s1. The van der Waals surface area contributed by atoms with Gasteiger partial charge in [0.15, 0.2) is 0 Å². The smallest absolute Gasteiger partial charge is 0.302 e. The van der Waals surface area contributed by atoms with Crippen LogP contribution in [0.3, 0.4) is 0 Å². The fourth-order valence-corrected chi connectivity index (χ4v) is 12.4. The third-order valence-corrected chi connectivity index (χ3v) is 14.3. The van der Waals surface area contributed by atoms with E-state index in [-0.39, 0.29) is 39.1 Å². The first-order chi connectivity index (χ1) is 16.1. The van der Waals surface area contributed by atoms with Crippen LogP contribution in [0.15, 0.2) is 0 Å². The van der Waals surface area contributed by atoms with E-state index < -0.39 is 5.60 Å². The predicted molar refractivity (Wildman–Crippen MR) is 142 cm³/mol. The Balaban J connectivity index is 1.50. The van der Waals surface area contributed by atoms with E-state index in [1.807, 2.05) is 0 Å². The van der Waals surface area contributed by atoms with Gasteiger partial charge >= 0.3 is 5.97 Å². The summed E-state index contributed by atoms with van der Waals surface area (Å²) >= 11 is 0. The number of ether oxygens (including phenoxy) is 1. The summed E-state index contributed by atoms with van der Waals surface area (Å²) < 4.78 is 5.90. The minimum atomic E-state index is -0.507. The lowest BCUT2D eigenvalue weighted by Crippen LogP contribution is -2.70. The molecule has 0 bridgehead atoms. The number of carbonyl (C=O) groups excluding carboxylic acids is 1. The molecule has 0 aliphatic heterocycles. The second-order valence-corrected chi connectivity index (χ2v) is 15.8. The van der Waals surface area contributed by atoms with Crippen LogP contribution in [0.25, 0.3) is 0 Å². The maximum absolute atomic E-state index is 12.6. The van der Waals surface area contributed by atoms with Crippen LogP contribution < -0.4 is 0 Å². The van der Waals surface area contributed by atoms with Crippen LogP contribution in [0.4, 0.5) is 0 Å². The summed E-state index contributed by atoms with van der Waals surface area (Å²) in [4.78, 5) is 11.9. The molecule has 5 rings (SSSR count). The molecular formula is C32H54O3. The van der Waals surface area contributed by atoms with Crippen LogP contribution in [0.1, 0.15) is 127 Å². The fraction of sp³-hybridized carbons (Fsp3) is 0.969. The molecule has 35 heavy (non-hydrogen) atoms. The van der Waals surface area contributed by atoms with Gasteiger partial charge in [-0.05, 0) is 115 Å². The van der Waals surface area contributed by atoms with Crippen molar-refractivity contribution in [1.82, 2.24) is 0 Å². The minimum Gasteiger partial charge on any atom is -0.462 e. The van der Waals surface area contributed by atoms with Crippen LogP contribution in [0, 0.1) is 56.7 Å². The number of rotatable bonds is 2. The maximum atomic E-state index is 12.6. The third kappa shape index (κ3) is 3.09. The minimum absolute atomic E-state index is 0.0109. The molecule has 0 radical (unpaired) electrons. The molecule has 1 N–H and O–H groups in total. The Labute approximate surface area is 215 Å². The van der Waals surface area contributed by atoms with Gasteiger partial charge in [0.05, 0.1) is 5.60 Å². The largest absolute Gasteiger partial charge is 0.462 e. The van der Waals surface area contributed by atoms with Gasteiger partial charge in [-0.25, -0.2) is 0 Å². The number of hydrogen-bond donors (Lipinski definition) is 1. The fourth-order valence-electron chi connectivity index (χ4n) is 12.4. The van der Waals surface area contributed by atoms with Gasteiger partial charge in [0, 0.05) is 12.3 Å². The summed E-state index contributed by atoms with van der Waals surface area (Å²) in [7, 11) is 0. The van der Waals surface area contributed by atoms with Crippen molar-refractivity contribution in [2.75, 3.05) is 0 Å². The molecule has 0 aromatic heterocycles. The summed E-state index contributed by atoms with van der Waals surface area (Å²) in [5.41, 5.74) is 0.309. The van der Waals surface area contributed by atoms with Crippen molar-refractivity contribution in [3.63, 3.8) is 0 Å². The van der Waals surface area contributed by atoms with Gasteiger partial charge in [0.2, 0.25) is 0 Å². The topological polar surface area (TPSA) is 46.5 Å². The number of carbonyl (C=O) groups is 1. The molecule has 0 aromatic rings. The van der Waals surface area contributed by atoms with Crippen molar-refractivity contribution < 1.29 is 14.6 Å². The Kier molecular flexibility index (Phi) is 5.76. The SMILES string of the molecule is CC(=O)O[C@H]1CC[C@]2(C)[C@H](CC[C@@]3(C)[C@H]2CC[C@@H]2[C@]3(C)CC[C@@]3(C)[C@H](C(C)C)CC[C@@]23O)C1(C)C. The molecule has 5 saturated carbocycles. The second kappa shape index (κ2) is 7.73. The third-order valence-electron chi connectivity index (χ3n) is 14.3. The number of hydrogen-bond acceptors (Lipinski definition) is 3. The van der Waals surface area contributed by atoms with Gasteiger partial charge < -0.3 is 9.84 Å². The summed E-state index contributed by atoms with van der Waals surface area (Å²) in [6.45, 7) is 21.4. The second-order valence-electron chi connectivity index (χ2n) is 15.8. The van der Waals surface area contributed by atoms with Gasteiger partial charge in [-0.3, -0.25) is 4.79 Å². The normalized spacial score (nSPS) is 54.9. The molecule has 0 spiro atoms. The van der Waals surface area contributed by atoms with E-state index in [1.165, 1.54) is 44.9 Å². The van der Waals surface area contributed by atoms with Crippen LogP contribution in [0.5, 0.6) is 0 Å². The molecule has 0 heterocycles. The molecule has 3 heteroatoms. The highest BCUT2D eigenvalue weighted by atomic mass is 16.5. The van der Waals surface area contributed by atoms with Gasteiger partial charge in [-0.2, -0.15) is 0 Å². The lowest BCUT2D eigenvalue weighted by atomic mass is 9.32. The van der Waals surface area contributed by atoms with Gasteiger partial charge in [0.1, 0.15) is 6.10 Å². The lowest BCUT2D eigenvalue weighted by molar-refractivity contribution is -0.282. The highest BCUT2D eigenvalue weighted by Crippen LogP contribution is 2.78. The Hall–Kier alpha value is -0.570. The first kappa shape index (κ1) is 26.1. The molecule has 0 saturated heterocycles. The molecule has 200 valence electrons. The van der Waals surface area contributed by atoms with E-state index >= 15 is 0 Å². The monoisotopic (exact) mass is 486 g/mol. The summed E-state index contributed by atoms with van der Waals surface area (Å²) in [5, 5.41) is 12.6. The van der Waals surface area contributed by atoms with Crippen LogP contribution in [-0.2, 0) is 9.53 Å². The Bertz CT molecular complexity index is 878. The van der Waals surface area contributed by atoms with Crippen molar-refractivity contribution in [2.45, 2.75) is 138 Å². The number of fused-ring (bicyclic) bond motifs is 7. The van der Waals surface area contributed by atoms with Gasteiger partial charge in [0.25, 0.3) is 0 Å². The first-order valence-electron chi connectivity index (χ1n) is 15.0. The highest BCUT2D eigenvalue weighted by Gasteiger charge is 2.74. The van der Waals surface area contributed by atoms with Crippen LogP contribution in [-0.4, -0.2) is 22.8 Å². The molecule has 0 amide bonds. The Morgan fingerprint density at radius 1 is 0.743 bits per heavy atom. The number of aliphatic hydroxyl groups is 1. The Morgan fingerprint density at radius 3 is 1.97 bits per heavy atom. The summed E-state index contributed by atoms with van der Waals surface area (Å²) in [5.74, 6) is 2.85. The van der Waals surface area contributed by atoms with E-state index in [4.69, 9.17) is 4.74 Å². The molecule has 3 nitrogen and oxygen atoms in total. The quantitative estimate of drug-likeness (QED) is 0.405. The van der Waals surface area contributed by atoms with E-state index in [9.17, 15) is 9.90 Å². The van der Waals surface area contributed by atoms with E-state index in [0.717, 1.165) is 19.3 Å². The average Bonchev–Trinajstić information content (AvgIpc) is 3.02. The molecule has 0 aromatic carbocycles. The number of esters is 1. The van der Waals surface area contributed by atoms with E-state index in [0.29, 0.717) is 29.6 Å². The maximum Gasteiger partial charge on any atom is 0.302 e. The lowest BCUT2D eigenvalue weighted by Gasteiger charge is -2.74. The molecule has 5 fully saturated rings. The zero-order valence-corrected chi connectivity index (χ0v) is 24.3. The van der Waals surface area contributed by atoms with Gasteiger partial charge in [-0.15, -0.1) is 0 Å². The highest BCUT2D eigenvalue weighted by molar-refractivity contribution is 5.66. The molecule has 0 unspecified atom stereocenters. The Morgan fingerprint density at radius 2 is 1.34 bits per heavy atom. The van der Waals surface area contributed by atoms with E-state index in [2.05, 4.69) is 55.4 Å². The molecular weight excluding hydrogens is 432 g/mol. The van der Waals surface area contributed by atoms with Crippen LogP contribution in [0.2, 0.25) is 0 Å². The average molecular weight is 487 g/mol. The molecule has 10 atom stereocenters. The molecule has 5 aliphatic rings. The predicted octanol–water partition coefficient (Wildman–Crippen LogP) is 7.79. The summed E-state index contributed by atoms with van der Waals surface area (Å²) in [6, 6.07) is 0. The zero-order chi connectivity index (χ0) is 25.8.